The summed E-state index contributed by atoms with van der Waals surface area (Å²) in [5.41, 5.74) is 3.15. The highest BCUT2D eigenvalue weighted by molar-refractivity contribution is 6.18. The molecular formula is C19H18ClN3O4. The summed E-state index contributed by atoms with van der Waals surface area (Å²) in [5.74, 6) is -0.948. The van der Waals surface area contributed by atoms with Gasteiger partial charge in [0.05, 0.1) is 11.7 Å². The molecular weight excluding hydrogens is 370 g/mol. The smallest absolute Gasteiger partial charge is 0.408 e. The minimum atomic E-state index is -1.15. The van der Waals surface area contributed by atoms with Gasteiger partial charge in [-0.3, -0.25) is 5.10 Å². The summed E-state index contributed by atoms with van der Waals surface area (Å²) < 4.78 is 5.11. The monoisotopic (exact) mass is 387 g/mol. The molecule has 27 heavy (non-hydrogen) atoms. The number of carboxylic acid groups (broad SMARTS) is 1. The van der Waals surface area contributed by atoms with Crippen LogP contribution in [0.3, 0.4) is 0 Å². The summed E-state index contributed by atoms with van der Waals surface area (Å²) in [7, 11) is 0. The van der Waals surface area contributed by atoms with E-state index in [9.17, 15) is 14.7 Å². The Labute approximate surface area is 160 Å². The van der Waals surface area contributed by atoms with Gasteiger partial charge in [-0.05, 0) is 22.8 Å². The van der Waals surface area contributed by atoms with Gasteiger partial charge in [-0.15, -0.1) is 11.6 Å². The number of amides is 1. The molecule has 0 saturated heterocycles. The lowest BCUT2D eigenvalue weighted by molar-refractivity contribution is -0.139. The summed E-state index contributed by atoms with van der Waals surface area (Å²) in [4.78, 5) is 23.6. The van der Waals surface area contributed by atoms with Crippen molar-refractivity contribution in [1.82, 2.24) is 15.5 Å². The molecule has 0 bridgehead atoms. The van der Waals surface area contributed by atoms with Crippen molar-refractivity contribution in [3.63, 3.8) is 0 Å². The van der Waals surface area contributed by atoms with Gasteiger partial charge in [0.2, 0.25) is 0 Å². The van der Waals surface area contributed by atoms with E-state index in [0.29, 0.717) is 0 Å². The van der Waals surface area contributed by atoms with Crippen molar-refractivity contribution >= 4 is 34.6 Å². The summed E-state index contributed by atoms with van der Waals surface area (Å²) in [6.07, 6.45) is 0.940. The molecule has 0 spiro atoms. The average Bonchev–Trinajstić information content (AvgIpc) is 3.15. The van der Waals surface area contributed by atoms with Crippen LogP contribution in [-0.4, -0.2) is 33.4 Å². The molecule has 2 aromatic carbocycles. The van der Waals surface area contributed by atoms with Gasteiger partial charge >= 0.3 is 12.1 Å². The quantitative estimate of drug-likeness (QED) is 0.540. The molecule has 0 aliphatic carbocycles. The Bertz CT molecular complexity index is 943. The highest BCUT2D eigenvalue weighted by Crippen LogP contribution is 2.24. The molecule has 0 fully saturated rings. The summed E-state index contributed by atoms with van der Waals surface area (Å²) in [6.45, 7) is 0.0624. The number of aromatic amines is 1. The van der Waals surface area contributed by atoms with Gasteiger partial charge in [0, 0.05) is 17.7 Å². The fourth-order valence-electron chi connectivity index (χ4n) is 2.80. The second-order valence-corrected chi connectivity index (χ2v) is 6.24. The number of alkyl carbamates (subject to hydrolysis) is 1. The highest BCUT2D eigenvalue weighted by Gasteiger charge is 2.23. The van der Waals surface area contributed by atoms with E-state index in [1.54, 1.807) is 18.3 Å². The van der Waals surface area contributed by atoms with Gasteiger partial charge in [-0.2, -0.15) is 5.10 Å². The standard InChI is InChI=1S/C19H18ClN3O4/c20-9-14-13(6-7-16-15(14)10-21-23-16)8-17(18(24)25)22-19(26)27-11-12-4-2-1-3-5-12/h1-7,10,17H,8-9,11H2,(H,21,23)(H,22,26)(H,24,25)/t17-/m1/s1. The second kappa shape index (κ2) is 8.55. The van der Waals surface area contributed by atoms with Gasteiger partial charge in [0.1, 0.15) is 12.6 Å². The SMILES string of the molecule is O=C(N[C@H](Cc1ccc2[nH]ncc2c1CCl)C(=O)O)OCc1ccccc1. The molecule has 0 aliphatic heterocycles. The number of rotatable bonds is 7. The first kappa shape index (κ1) is 18.7. The van der Waals surface area contributed by atoms with Crippen LogP contribution in [0.2, 0.25) is 0 Å². The maximum atomic E-state index is 12.0. The number of alkyl halides is 1. The molecule has 0 radical (unpaired) electrons. The topological polar surface area (TPSA) is 104 Å². The Morgan fingerprint density at radius 3 is 2.70 bits per heavy atom. The Morgan fingerprint density at radius 2 is 2.00 bits per heavy atom. The first-order valence-electron chi connectivity index (χ1n) is 8.28. The second-order valence-electron chi connectivity index (χ2n) is 5.97. The molecule has 3 aromatic rings. The molecule has 7 nitrogen and oxygen atoms in total. The maximum Gasteiger partial charge on any atom is 0.408 e. The number of aliphatic carboxylic acids is 1. The van der Waals surface area contributed by atoms with Gasteiger partial charge in [-0.1, -0.05) is 36.4 Å². The van der Waals surface area contributed by atoms with Crippen molar-refractivity contribution in [1.29, 1.82) is 0 Å². The zero-order valence-electron chi connectivity index (χ0n) is 14.3. The Hall–Kier alpha value is -3.06. The van der Waals surface area contributed by atoms with Crippen molar-refractivity contribution in [2.24, 2.45) is 0 Å². The number of carbonyl (C=O) groups excluding carboxylic acids is 1. The van der Waals surface area contributed by atoms with E-state index in [1.165, 1.54) is 0 Å². The van der Waals surface area contributed by atoms with Crippen LogP contribution in [0.15, 0.2) is 48.7 Å². The largest absolute Gasteiger partial charge is 0.480 e. The van der Waals surface area contributed by atoms with E-state index in [1.807, 2.05) is 30.3 Å². The molecule has 8 heteroatoms. The zero-order chi connectivity index (χ0) is 19.2. The van der Waals surface area contributed by atoms with Crippen LogP contribution >= 0.6 is 11.6 Å². The normalized spacial score (nSPS) is 11.9. The number of hydrogen-bond acceptors (Lipinski definition) is 4. The number of halogens is 1. The highest BCUT2D eigenvalue weighted by atomic mass is 35.5. The lowest BCUT2D eigenvalue weighted by atomic mass is 9.98. The maximum absolute atomic E-state index is 12.0. The number of carbonyl (C=O) groups is 2. The first-order chi connectivity index (χ1) is 13.1. The van der Waals surface area contributed by atoms with Crippen LogP contribution in [0.25, 0.3) is 10.9 Å². The lowest BCUT2D eigenvalue weighted by Gasteiger charge is -2.16. The molecule has 3 N–H and O–H groups in total. The van der Waals surface area contributed by atoms with E-state index in [4.69, 9.17) is 16.3 Å². The third-order valence-electron chi connectivity index (χ3n) is 4.19. The van der Waals surface area contributed by atoms with Crippen LogP contribution in [0, 0.1) is 0 Å². The minimum absolute atomic E-state index is 0.0624. The number of carboxylic acids is 1. The van der Waals surface area contributed by atoms with Crippen molar-refractivity contribution in [3.05, 3.63) is 65.4 Å². The van der Waals surface area contributed by atoms with Crippen LogP contribution in [0.4, 0.5) is 4.79 Å². The van der Waals surface area contributed by atoms with E-state index < -0.39 is 18.1 Å². The van der Waals surface area contributed by atoms with E-state index in [0.717, 1.165) is 27.6 Å². The average molecular weight is 388 g/mol. The number of benzene rings is 2. The fraction of sp³-hybridized carbons (Fsp3) is 0.211. The van der Waals surface area contributed by atoms with E-state index in [2.05, 4.69) is 15.5 Å². The third-order valence-corrected chi connectivity index (χ3v) is 4.46. The molecule has 0 aliphatic rings. The van der Waals surface area contributed by atoms with Gasteiger partial charge in [0.15, 0.2) is 0 Å². The number of fused-ring (bicyclic) bond motifs is 1. The number of hydrogen-bond donors (Lipinski definition) is 3. The van der Waals surface area contributed by atoms with Crippen molar-refractivity contribution in [2.75, 3.05) is 0 Å². The van der Waals surface area contributed by atoms with Crippen LogP contribution < -0.4 is 5.32 Å². The zero-order valence-corrected chi connectivity index (χ0v) is 15.1. The molecule has 0 saturated carbocycles. The number of H-pyrrole nitrogens is 1. The third kappa shape index (κ3) is 4.57. The van der Waals surface area contributed by atoms with Crippen molar-refractivity contribution < 1.29 is 19.4 Å². The molecule has 1 amide bonds. The Kier molecular flexibility index (Phi) is 5.93. The fourth-order valence-corrected chi connectivity index (χ4v) is 3.11. The van der Waals surface area contributed by atoms with Gasteiger partial charge in [0.25, 0.3) is 0 Å². The molecule has 1 atom stereocenters. The Balaban J connectivity index is 1.69. The molecule has 1 aromatic heterocycles. The van der Waals surface area contributed by atoms with Crippen LogP contribution in [0.5, 0.6) is 0 Å². The predicted molar refractivity (Wildman–Crippen MR) is 101 cm³/mol. The molecule has 0 unspecified atom stereocenters. The number of nitrogens with zero attached hydrogens (tertiary/aromatic N) is 1. The van der Waals surface area contributed by atoms with Crippen LogP contribution in [0.1, 0.15) is 16.7 Å². The van der Waals surface area contributed by atoms with Crippen LogP contribution in [-0.2, 0) is 28.4 Å². The Morgan fingerprint density at radius 1 is 1.22 bits per heavy atom. The predicted octanol–water partition coefficient (Wildman–Crippen LogP) is 3.22. The lowest BCUT2D eigenvalue weighted by Crippen LogP contribution is -2.42. The molecule has 3 rings (SSSR count). The number of ether oxygens (including phenoxy) is 1. The number of aromatic nitrogens is 2. The van der Waals surface area contributed by atoms with Crippen molar-refractivity contribution in [2.45, 2.75) is 24.9 Å². The van der Waals surface area contributed by atoms with Crippen molar-refractivity contribution in [3.8, 4) is 0 Å². The van der Waals surface area contributed by atoms with E-state index in [-0.39, 0.29) is 18.9 Å². The summed E-state index contributed by atoms with van der Waals surface area (Å²) in [5, 5.41) is 19.5. The number of nitrogens with one attached hydrogen (secondary N) is 2. The summed E-state index contributed by atoms with van der Waals surface area (Å²) in [6, 6.07) is 11.6. The molecule has 1 heterocycles. The molecule has 140 valence electrons. The van der Waals surface area contributed by atoms with Gasteiger partial charge in [-0.25, -0.2) is 9.59 Å². The van der Waals surface area contributed by atoms with Gasteiger partial charge < -0.3 is 15.2 Å². The minimum Gasteiger partial charge on any atom is -0.480 e. The first-order valence-corrected chi connectivity index (χ1v) is 8.81. The van der Waals surface area contributed by atoms with E-state index >= 15 is 0 Å². The summed E-state index contributed by atoms with van der Waals surface area (Å²) >= 11 is 6.05.